The van der Waals surface area contributed by atoms with Crippen molar-refractivity contribution >= 4 is 62.8 Å². The largest absolute Gasteiger partial charge is 0.493 e. The van der Waals surface area contributed by atoms with Crippen molar-refractivity contribution in [3.8, 4) is 33.8 Å². The van der Waals surface area contributed by atoms with Crippen molar-refractivity contribution in [1.82, 2.24) is 19.3 Å². The average molecular weight is 857 g/mol. The van der Waals surface area contributed by atoms with Gasteiger partial charge < -0.3 is 28.7 Å². The third kappa shape index (κ3) is 9.34. The lowest BCUT2D eigenvalue weighted by atomic mass is 10.0. The van der Waals surface area contributed by atoms with Gasteiger partial charge in [0.1, 0.15) is 0 Å². The van der Waals surface area contributed by atoms with Crippen LogP contribution < -0.4 is 9.47 Å². The zero-order valence-corrected chi connectivity index (χ0v) is 36.6. The van der Waals surface area contributed by atoms with Crippen molar-refractivity contribution in [1.29, 1.82) is 0 Å². The standard InChI is InChI=1S/C51H55Cl2N5O3/c1-60-49-33-45-46(54-35-42-9-8-25-57(42)51(45)59)34-50(49)61-30-7-3-5-23-56-28-26-55(27-29-56)22-4-2-6-24-58-47-20-14-38(36-10-16-40(52)17-11-36)31-43(47)44-32-39(15-21-48(44)58)37-12-18-41(53)19-13-37/h10-21,31-35,42H,2-9,22-30H2,1H3/t42-/m0/s1. The van der Waals surface area contributed by atoms with Crippen molar-refractivity contribution < 1.29 is 14.3 Å². The van der Waals surface area contributed by atoms with Crippen LogP contribution in [0, 0.1) is 0 Å². The molecule has 3 aliphatic rings. The second-order valence-electron chi connectivity index (χ2n) is 16.8. The number of benzene rings is 5. The quantitative estimate of drug-likeness (QED) is 0.0908. The van der Waals surface area contributed by atoms with Crippen LogP contribution in [0.3, 0.4) is 0 Å². The molecule has 0 radical (unpaired) electrons. The van der Waals surface area contributed by atoms with E-state index in [1.807, 2.05) is 41.4 Å². The zero-order chi connectivity index (χ0) is 41.7. The summed E-state index contributed by atoms with van der Waals surface area (Å²) in [4.78, 5) is 25.0. The van der Waals surface area contributed by atoms with Gasteiger partial charge in [0.25, 0.3) is 5.91 Å². The van der Waals surface area contributed by atoms with Gasteiger partial charge in [0, 0.05) is 83.4 Å². The molecular formula is C51H55Cl2N5O3. The molecule has 0 saturated carbocycles. The molecule has 10 heteroatoms. The van der Waals surface area contributed by atoms with Crippen LogP contribution in [0.25, 0.3) is 44.1 Å². The molecule has 4 heterocycles. The lowest BCUT2D eigenvalue weighted by molar-refractivity contribution is 0.0774. The van der Waals surface area contributed by atoms with E-state index < -0.39 is 0 Å². The Morgan fingerprint density at radius 3 is 1.77 bits per heavy atom. The summed E-state index contributed by atoms with van der Waals surface area (Å²) in [6, 6.07) is 33.8. The molecule has 0 aliphatic carbocycles. The minimum absolute atomic E-state index is 0.0311. The molecule has 0 N–H and O–H groups in total. The predicted octanol–water partition coefficient (Wildman–Crippen LogP) is 11.8. The molecule has 1 amide bonds. The van der Waals surface area contributed by atoms with Crippen LogP contribution in [0.15, 0.2) is 102 Å². The van der Waals surface area contributed by atoms with Gasteiger partial charge in [0.15, 0.2) is 11.5 Å². The van der Waals surface area contributed by atoms with E-state index in [4.69, 9.17) is 32.7 Å². The van der Waals surface area contributed by atoms with Gasteiger partial charge >= 0.3 is 0 Å². The SMILES string of the molecule is COc1cc2c(cc1OCCCCCN1CCN(CCCCCn3c4ccc(-c5ccc(Cl)cc5)cc4c4cc(-c5ccc(Cl)cc5)ccc43)CC1)N=C[C@@H]1CCCN1C2=O. The Morgan fingerprint density at radius 1 is 0.623 bits per heavy atom. The van der Waals surface area contributed by atoms with Gasteiger partial charge in [0.05, 0.1) is 31.0 Å². The Balaban J connectivity index is 0.724. The monoisotopic (exact) mass is 855 g/mol. The highest BCUT2D eigenvalue weighted by Crippen LogP contribution is 2.39. The van der Waals surface area contributed by atoms with Crippen LogP contribution in [0.4, 0.5) is 5.69 Å². The molecule has 8 nitrogen and oxygen atoms in total. The molecule has 0 bridgehead atoms. The summed E-state index contributed by atoms with van der Waals surface area (Å²) in [5.41, 5.74) is 8.55. The molecule has 3 aliphatic heterocycles. The molecule has 316 valence electrons. The second kappa shape index (κ2) is 19.0. The molecule has 61 heavy (non-hydrogen) atoms. The maximum atomic E-state index is 13.2. The van der Waals surface area contributed by atoms with Crippen LogP contribution in [0.5, 0.6) is 11.5 Å². The Labute approximate surface area is 369 Å². The summed E-state index contributed by atoms with van der Waals surface area (Å²) < 4.78 is 14.3. The number of carbonyl (C=O) groups excluding carboxylic acids is 1. The van der Waals surface area contributed by atoms with Gasteiger partial charge in [-0.15, -0.1) is 0 Å². The summed E-state index contributed by atoms with van der Waals surface area (Å²) in [5.74, 6) is 1.28. The number of halogens is 2. The first-order valence-electron chi connectivity index (χ1n) is 22.1. The first-order chi connectivity index (χ1) is 29.9. The van der Waals surface area contributed by atoms with E-state index in [0.717, 1.165) is 101 Å². The van der Waals surface area contributed by atoms with Gasteiger partial charge in [-0.1, -0.05) is 66.0 Å². The van der Waals surface area contributed by atoms with Gasteiger partial charge in [-0.25, -0.2) is 0 Å². The van der Waals surface area contributed by atoms with Crippen LogP contribution in [0.2, 0.25) is 10.0 Å². The van der Waals surface area contributed by atoms with E-state index >= 15 is 0 Å². The van der Waals surface area contributed by atoms with E-state index in [9.17, 15) is 4.79 Å². The summed E-state index contributed by atoms with van der Waals surface area (Å²) in [5, 5.41) is 4.06. The van der Waals surface area contributed by atoms with Crippen LogP contribution in [-0.2, 0) is 6.54 Å². The van der Waals surface area contributed by atoms with Crippen molar-refractivity contribution in [2.24, 2.45) is 4.99 Å². The first kappa shape index (κ1) is 41.5. The van der Waals surface area contributed by atoms with Crippen LogP contribution in [0.1, 0.15) is 61.7 Å². The molecule has 2 fully saturated rings. The number of aromatic nitrogens is 1. The number of piperazine rings is 1. The average Bonchev–Trinajstić information content (AvgIpc) is 3.86. The lowest BCUT2D eigenvalue weighted by Crippen LogP contribution is -2.46. The van der Waals surface area contributed by atoms with E-state index in [1.54, 1.807) is 13.2 Å². The summed E-state index contributed by atoms with van der Waals surface area (Å²) in [6.07, 6.45) is 10.7. The van der Waals surface area contributed by atoms with Crippen molar-refractivity contribution in [2.45, 2.75) is 64.0 Å². The molecule has 1 atom stereocenters. The first-order valence-corrected chi connectivity index (χ1v) is 22.9. The Kier molecular flexibility index (Phi) is 12.9. The second-order valence-corrected chi connectivity index (χ2v) is 17.7. The maximum absolute atomic E-state index is 13.2. The fourth-order valence-electron chi connectivity index (χ4n) is 9.42. The Morgan fingerprint density at radius 2 is 1.18 bits per heavy atom. The number of ether oxygens (including phenoxy) is 2. The van der Waals surface area contributed by atoms with E-state index in [-0.39, 0.29) is 11.9 Å². The number of aryl methyl sites for hydroxylation is 1. The van der Waals surface area contributed by atoms with Crippen molar-refractivity contribution in [2.75, 3.05) is 59.5 Å². The van der Waals surface area contributed by atoms with Gasteiger partial charge in [-0.3, -0.25) is 9.79 Å². The number of unbranched alkanes of at least 4 members (excludes halogenated alkanes) is 4. The number of fused-ring (bicyclic) bond motifs is 5. The number of carbonyl (C=O) groups is 1. The third-order valence-corrected chi connectivity index (χ3v) is 13.4. The minimum atomic E-state index is 0.0311. The normalized spacial score (nSPS) is 16.9. The number of aliphatic imine (C=N–C) groups is 1. The van der Waals surface area contributed by atoms with E-state index in [0.29, 0.717) is 29.4 Å². The molecule has 1 aromatic heterocycles. The number of methoxy groups -OCH3 is 1. The Hall–Kier alpha value is -4.86. The molecule has 5 aromatic carbocycles. The molecule has 6 aromatic rings. The fraction of sp³-hybridized carbons (Fsp3) is 0.373. The van der Waals surface area contributed by atoms with Gasteiger partial charge in [0.2, 0.25) is 0 Å². The maximum Gasteiger partial charge on any atom is 0.256 e. The summed E-state index contributed by atoms with van der Waals surface area (Å²) >= 11 is 12.5. The van der Waals surface area contributed by atoms with E-state index in [1.165, 1.54) is 56.9 Å². The topological polar surface area (TPSA) is 62.5 Å². The third-order valence-electron chi connectivity index (χ3n) is 12.9. The molecular weight excluding hydrogens is 801 g/mol. The smallest absolute Gasteiger partial charge is 0.256 e. The molecule has 9 rings (SSSR count). The minimum Gasteiger partial charge on any atom is -0.493 e. The highest BCUT2D eigenvalue weighted by molar-refractivity contribution is 6.31. The molecule has 0 spiro atoms. The Bertz CT molecular complexity index is 2410. The van der Waals surface area contributed by atoms with Gasteiger partial charge in [-0.2, -0.15) is 0 Å². The number of amides is 1. The predicted molar refractivity (Wildman–Crippen MR) is 252 cm³/mol. The summed E-state index contributed by atoms with van der Waals surface area (Å²) in [6.45, 7) is 9.24. The fourth-order valence-corrected chi connectivity index (χ4v) is 9.68. The van der Waals surface area contributed by atoms with Crippen molar-refractivity contribution in [3.63, 3.8) is 0 Å². The number of hydrogen-bond donors (Lipinski definition) is 0. The van der Waals surface area contributed by atoms with Crippen molar-refractivity contribution in [3.05, 3.63) is 113 Å². The van der Waals surface area contributed by atoms with E-state index in [2.05, 4.69) is 80.0 Å². The number of nitrogens with zero attached hydrogens (tertiary/aromatic N) is 5. The van der Waals surface area contributed by atoms with Crippen LogP contribution in [-0.4, -0.2) is 97.0 Å². The zero-order valence-electron chi connectivity index (χ0n) is 35.1. The van der Waals surface area contributed by atoms with Gasteiger partial charge in [-0.05, 0) is 135 Å². The number of hydrogen-bond acceptors (Lipinski definition) is 6. The highest BCUT2D eigenvalue weighted by Gasteiger charge is 2.32. The number of rotatable bonds is 16. The summed E-state index contributed by atoms with van der Waals surface area (Å²) in [7, 11) is 1.63. The van der Waals surface area contributed by atoms with Crippen LogP contribution >= 0.6 is 23.2 Å². The molecule has 2 saturated heterocycles. The lowest BCUT2D eigenvalue weighted by Gasteiger charge is -2.34. The highest BCUT2D eigenvalue weighted by atomic mass is 35.5. The molecule has 0 unspecified atom stereocenters.